The van der Waals surface area contributed by atoms with Gasteiger partial charge in [0.1, 0.15) is 5.82 Å². The molecular weight excluding hydrogens is 493 g/mol. The Morgan fingerprint density at radius 1 is 1.25 bits per heavy atom. The number of benzene rings is 2. The summed E-state index contributed by atoms with van der Waals surface area (Å²) in [5.41, 5.74) is 2.89. The molecule has 1 atom stereocenters. The Balaban J connectivity index is 0.000000172. The fourth-order valence-electron chi connectivity index (χ4n) is 3.37. The number of halogens is 3. The van der Waals surface area contributed by atoms with E-state index in [4.69, 9.17) is 10.2 Å². The van der Waals surface area contributed by atoms with Gasteiger partial charge in [-0.25, -0.2) is 22.9 Å². The molecule has 2 saturated heterocycles. The van der Waals surface area contributed by atoms with Crippen LogP contribution in [0.15, 0.2) is 54.7 Å². The number of nitrogens with one attached hydrogen (secondary N) is 2. The number of hydrogen-bond donors (Lipinski definition) is 4. The van der Waals surface area contributed by atoms with Crippen molar-refractivity contribution in [3.05, 3.63) is 71.7 Å². The maximum absolute atomic E-state index is 12.8. The molecule has 1 aromatic heterocycles. The summed E-state index contributed by atoms with van der Waals surface area (Å²) in [6.07, 6.45) is 1.51. The molecule has 0 bridgehead atoms. The zero-order chi connectivity index (χ0) is 26.1. The Morgan fingerprint density at radius 3 is 2.50 bits per heavy atom. The molecule has 0 radical (unpaired) electrons. The number of anilines is 1. The maximum Gasteiger partial charge on any atom is 0.404 e. The lowest BCUT2D eigenvalue weighted by molar-refractivity contribution is -0.0262. The Morgan fingerprint density at radius 2 is 1.97 bits per heavy atom. The fraction of sp³-hybridized carbons (Fsp3) is 0.360. The zero-order valence-corrected chi connectivity index (χ0v) is 20.6. The van der Waals surface area contributed by atoms with Gasteiger partial charge in [0, 0.05) is 19.3 Å². The van der Waals surface area contributed by atoms with Gasteiger partial charge in [-0.15, -0.1) is 0 Å². The number of hydrogen-bond acceptors (Lipinski definition) is 6. The smallest absolute Gasteiger partial charge is 0.404 e. The number of alkyl halides is 2. The van der Waals surface area contributed by atoms with Crippen LogP contribution in [-0.4, -0.2) is 59.5 Å². The summed E-state index contributed by atoms with van der Waals surface area (Å²) in [6, 6.07) is 13.9. The van der Waals surface area contributed by atoms with Crippen LogP contribution < -0.4 is 15.5 Å². The number of aliphatic hydroxyl groups excluding tert-OH is 1. The van der Waals surface area contributed by atoms with Gasteiger partial charge in [0.15, 0.2) is 5.13 Å². The van der Waals surface area contributed by atoms with E-state index in [-0.39, 0.29) is 31.6 Å². The Bertz CT molecular complexity index is 1110. The summed E-state index contributed by atoms with van der Waals surface area (Å²) in [5.74, 6) is -2.91. The second kappa shape index (κ2) is 12.7. The summed E-state index contributed by atoms with van der Waals surface area (Å²) in [6.45, 7) is 3.51. The first-order valence-corrected chi connectivity index (χ1v) is 12.2. The van der Waals surface area contributed by atoms with Gasteiger partial charge in [-0.1, -0.05) is 53.3 Å². The molecule has 2 aromatic carbocycles. The molecule has 3 heterocycles. The molecule has 1 amide bonds. The minimum Gasteiger partial charge on any atom is -0.465 e. The van der Waals surface area contributed by atoms with Crippen molar-refractivity contribution in [1.29, 1.82) is 0 Å². The van der Waals surface area contributed by atoms with Gasteiger partial charge < -0.3 is 25.7 Å². The molecule has 3 aromatic rings. The van der Waals surface area contributed by atoms with E-state index >= 15 is 0 Å². The van der Waals surface area contributed by atoms with Crippen molar-refractivity contribution in [1.82, 2.24) is 15.6 Å². The fourth-order valence-corrected chi connectivity index (χ4v) is 4.29. The standard InChI is InChI=1S/C13H12F2N2S.C8H8FNO2.C4H9NO/c1-9-2-4-10(5-3-9)11-6-16-12(18-11)17-7-13(14,15)8-17;9-7-3-1-2-6(4-7)5-10-8(11)12;6-4-1-2-5-3-4/h2-6H,7-8H2,1H3;1-4,10H,5H2,(H,11,12);4-6H,1-3H2. The topological polar surface area (TPSA) is 97.7 Å². The van der Waals surface area contributed by atoms with Crippen LogP contribution in [0.2, 0.25) is 0 Å². The monoisotopic (exact) mass is 522 g/mol. The average Bonchev–Trinajstić information content (AvgIpc) is 3.49. The quantitative estimate of drug-likeness (QED) is 0.403. The summed E-state index contributed by atoms with van der Waals surface area (Å²) < 4.78 is 38.1. The van der Waals surface area contributed by atoms with Crippen molar-refractivity contribution < 1.29 is 28.2 Å². The van der Waals surface area contributed by atoms with E-state index in [9.17, 15) is 18.0 Å². The predicted molar refractivity (Wildman–Crippen MR) is 134 cm³/mol. The summed E-state index contributed by atoms with van der Waals surface area (Å²) in [7, 11) is 0. The first-order valence-electron chi connectivity index (χ1n) is 11.4. The number of carboxylic acid groups (broad SMARTS) is 1. The molecule has 2 aliphatic rings. The van der Waals surface area contributed by atoms with Crippen molar-refractivity contribution in [2.24, 2.45) is 0 Å². The number of β-amino-alcohol motifs (C(OH)–C–C–N with tert-alkyl or cyclic N) is 1. The van der Waals surface area contributed by atoms with Crippen molar-refractivity contribution in [3.8, 4) is 10.4 Å². The SMILES string of the molecule is Cc1ccc(-c2cnc(N3CC(F)(F)C3)s2)cc1.O=C(O)NCc1cccc(F)c1.OC1CCNC1. The number of aromatic nitrogens is 1. The number of carbonyl (C=O) groups is 1. The van der Waals surface area contributed by atoms with Gasteiger partial charge in [-0.3, -0.25) is 0 Å². The van der Waals surface area contributed by atoms with Gasteiger partial charge in [0.25, 0.3) is 5.92 Å². The molecular formula is C25H29F3N4O3S. The number of thiazole rings is 1. The first kappa shape index (κ1) is 27.4. The Hall–Kier alpha value is -3.15. The number of aliphatic hydroxyl groups is 1. The predicted octanol–water partition coefficient (Wildman–Crippen LogP) is 4.51. The van der Waals surface area contributed by atoms with Crippen molar-refractivity contribution in [2.75, 3.05) is 31.1 Å². The largest absolute Gasteiger partial charge is 0.465 e. The number of aryl methyl sites for hydroxylation is 1. The van der Waals surface area contributed by atoms with Crippen LogP contribution in [0.4, 0.5) is 23.1 Å². The second-order valence-corrected chi connectivity index (χ2v) is 9.53. The van der Waals surface area contributed by atoms with Crippen molar-refractivity contribution in [3.63, 3.8) is 0 Å². The first-order chi connectivity index (χ1) is 17.1. The van der Waals surface area contributed by atoms with E-state index in [0.29, 0.717) is 10.7 Å². The molecule has 7 nitrogen and oxygen atoms in total. The van der Waals surface area contributed by atoms with Gasteiger partial charge in [0.2, 0.25) is 0 Å². The number of nitrogens with zero attached hydrogens (tertiary/aromatic N) is 2. The highest BCUT2D eigenvalue weighted by Crippen LogP contribution is 2.37. The Labute approximate surface area is 211 Å². The lowest BCUT2D eigenvalue weighted by atomic mass is 10.1. The van der Waals surface area contributed by atoms with E-state index in [0.717, 1.165) is 30.0 Å². The van der Waals surface area contributed by atoms with E-state index in [2.05, 4.69) is 15.6 Å². The Kier molecular flexibility index (Phi) is 9.68. The van der Waals surface area contributed by atoms with E-state index in [1.807, 2.05) is 31.2 Å². The lowest BCUT2D eigenvalue weighted by Crippen LogP contribution is -2.56. The van der Waals surface area contributed by atoms with Gasteiger partial charge >= 0.3 is 6.09 Å². The van der Waals surface area contributed by atoms with Crippen LogP contribution >= 0.6 is 11.3 Å². The third-order valence-corrected chi connectivity index (χ3v) is 6.42. The molecule has 4 N–H and O–H groups in total. The normalized spacial score (nSPS) is 17.7. The molecule has 2 fully saturated rings. The molecule has 2 aliphatic heterocycles. The summed E-state index contributed by atoms with van der Waals surface area (Å²) in [4.78, 5) is 16.9. The van der Waals surface area contributed by atoms with Crippen LogP contribution in [0.1, 0.15) is 17.5 Å². The van der Waals surface area contributed by atoms with Crippen LogP contribution in [0.25, 0.3) is 10.4 Å². The molecule has 11 heteroatoms. The maximum atomic E-state index is 12.8. The summed E-state index contributed by atoms with van der Waals surface area (Å²) >= 11 is 1.46. The van der Waals surface area contributed by atoms with E-state index in [1.54, 1.807) is 17.2 Å². The van der Waals surface area contributed by atoms with Crippen LogP contribution in [0.3, 0.4) is 0 Å². The van der Waals surface area contributed by atoms with Crippen molar-refractivity contribution in [2.45, 2.75) is 31.9 Å². The molecule has 5 rings (SSSR count). The number of rotatable bonds is 4. The zero-order valence-electron chi connectivity index (χ0n) is 19.8. The second-order valence-electron chi connectivity index (χ2n) is 8.52. The highest BCUT2D eigenvalue weighted by atomic mass is 32.1. The third-order valence-electron chi connectivity index (χ3n) is 5.31. The minimum absolute atomic E-state index is 0.0648. The van der Waals surface area contributed by atoms with Crippen LogP contribution in [0.5, 0.6) is 0 Å². The van der Waals surface area contributed by atoms with E-state index in [1.165, 1.54) is 35.1 Å². The van der Waals surface area contributed by atoms with E-state index < -0.39 is 12.0 Å². The molecule has 0 spiro atoms. The van der Waals surface area contributed by atoms with Crippen LogP contribution in [0, 0.1) is 12.7 Å². The number of amides is 1. The highest BCUT2D eigenvalue weighted by Gasteiger charge is 2.45. The highest BCUT2D eigenvalue weighted by molar-refractivity contribution is 7.18. The molecule has 0 saturated carbocycles. The molecule has 0 aliphatic carbocycles. The van der Waals surface area contributed by atoms with Gasteiger partial charge in [-0.05, 0) is 43.1 Å². The summed E-state index contributed by atoms with van der Waals surface area (Å²) in [5, 5.41) is 22.7. The third kappa shape index (κ3) is 8.81. The van der Waals surface area contributed by atoms with Crippen molar-refractivity contribution >= 4 is 22.6 Å². The van der Waals surface area contributed by atoms with Gasteiger partial charge in [-0.2, -0.15) is 0 Å². The average molecular weight is 523 g/mol. The minimum atomic E-state index is -2.55. The molecule has 36 heavy (non-hydrogen) atoms. The van der Waals surface area contributed by atoms with Gasteiger partial charge in [0.05, 0.1) is 24.1 Å². The lowest BCUT2D eigenvalue weighted by Gasteiger charge is -2.38. The molecule has 1 unspecified atom stereocenters. The van der Waals surface area contributed by atoms with Crippen LogP contribution in [-0.2, 0) is 6.54 Å². The molecule has 194 valence electrons.